The lowest BCUT2D eigenvalue weighted by Gasteiger charge is -2.32. The van der Waals surface area contributed by atoms with Gasteiger partial charge < -0.3 is 96.5 Å². The lowest BCUT2D eigenvalue weighted by atomic mass is 10.0. The number of aliphatic hydroxyl groups excluding tert-OH is 1. The molecule has 0 aromatic heterocycles. The highest BCUT2D eigenvalue weighted by molar-refractivity contribution is 6.00. The fourth-order valence-electron chi connectivity index (χ4n) is 11.8. The van der Waals surface area contributed by atoms with Crippen molar-refractivity contribution >= 4 is 88.8 Å². The normalized spacial score (nSPS) is 18.2. The summed E-state index contributed by atoms with van der Waals surface area (Å²) in [6.45, 7) is 6.03. The number of rotatable bonds is 45. The van der Waals surface area contributed by atoms with Gasteiger partial charge in [-0.15, -0.1) is 0 Å². The van der Waals surface area contributed by atoms with Crippen molar-refractivity contribution in [1.29, 1.82) is 0 Å². The molecule has 0 aliphatic carbocycles. The molecule has 3 rings (SSSR count). The summed E-state index contributed by atoms with van der Waals surface area (Å²) in [5, 5.41) is 38.2. The first-order chi connectivity index (χ1) is 45.1. The molecule has 536 valence electrons. The number of aliphatic imine (C=N–C) groups is 2. The topological polar surface area (TPSA) is 537 Å². The fraction of sp³-hybridized carbons (Fsp3) is 0.758. The number of nitrogens with zero attached hydrogens (tertiary/aromatic N) is 5. The maximum absolute atomic E-state index is 14.6. The van der Waals surface area contributed by atoms with E-state index in [0.717, 1.165) is 35.5 Å². The van der Waals surface area contributed by atoms with E-state index < -0.39 is 156 Å². The SMILES string of the molecule is CCCCCCCCCCCCCCC(=O)N[C@@H](CCC(N)=O)C(=O)N[C@H](C(=O)N1CCC[C@H]1C(=O)N[C@@H](CO)C(=O)N[C@@H](CCCN=C(N)N)C(=O)N1CCC[C@H]1C(=O)N[C@@H](CC(N)=O)C(=O)N[C@@H](CCCN=C(N)N)C(=O)N[C@@H](C)C(=O)N1CCC[C@H]1C(=O)O)C(C)C. The smallest absolute Gasteiger partial charge is 0.326 e. The van der Waals surface area contributed by atoms with Gasteiger partial charge in [-0.05, 0) is 89.9 Å². The minimum atomic E-state index is -1.74. The first-order valence-electron chi connectivity index (χ1n) is 33.7. The molecule has 3 aliphatic rings. The molecule has 12 amide bonds. The molecule has 0 aromatic rings. The van der Waals surface area contributed by atoms with Crippen LogP contribution in [0.4, 0.5) is 0 Å². The number of carboxylic acid groups (broad SMARTS) is 1. The number of unbranched alkanes of at least 4 members (excludes halogenated alkanes) is 11. The number of aliphatic carboxylic acids is 1. The number of nitrogens with two attached hydrogens (primary N) is 6. The molecule has 3 fully saturated rings. The van der Waals surface area contributed by atoms with Crippen molar-refractivity contribution in [3.8, 4) is 0 Å². The highest BCUT2D eigenvalue weighted by Crippen LogP contribution is 2.24. The number of carbonyl (C=O) groups is 13. The average molecular weight is 1350 g/mol. The highest BCUT2D eigenvalue weighted by Gasteiger charge is 2.43. The van der Waals surface area contributed by atoms with Gasteiger partial charge in [0.25, 0.3) is 0 Å². The van der Waals surface area contributed by atoms with Gasteiger partial charge in [0.15, 0.2) is 11.9 Å². The Labute approximate surface area is 556 Å². The van der Waals surface area contributed by atoms with Crippen LogP contribution in [0.15, 0.2) is 9.98 Å². The summed E-state index contributed by atoms with van der Waals surface area (Å²) in [5.41, 5.74) is 33.0. The number of amides is 12. The van der Waals surface area contributed by atoms with Crippen molar-refractivity contribution in [3.63, 3.8) is 0 Å². The standard InChI is InChI=1S/C62H108N18O15/c1-5-6-7-8-9-10-11-12-13-14-15-16-27-49(84)72-40(28-29-47(63)82)52(86)77-50(37(2)3)59(93)79-33-20-25-45(79)56(90)76-43(36-81)54(88)74-41(23-18-31-70-62(67)68)58(92)78-32-19-24-44(78)55(89)75-42(35-48(64)83)53(87)73-39(22-17-30-69-61(65)66)51(85)71-38(4)57(91)80-34-21-26-46(80)60(94)95/h37-46,50,81H,5-36H2,1-4H3,(H2,63,82)(H2,64,83)(H,71,85)(H,72,84)(H,73,87)(H,74,88)(H,75,89)(H,76,90)(H,77,86)(H,94,95)(H4,65,66,69)(H4,67,68,70)/t38-,39-,40-,41-,42-,43-,44-,45-,46-,50-/m0/s1. The quantitative estimate of drug-likeness (QED) is 0.0169. The van der Waals surface area contributed by atoms with Crippen LogP contribution in [0.2, 0.25) is 0 Å². The van der Waals surface area contributed by atoms with E-state index in [0.29, 0.717) is 19.3 Å². The number of aliphatic hydroxyl groups is 1. The summed E-state index contributed by atoms with van der Waals surface area (Å²) in [6, 6.07) is -13.6. The Hall–Kier alpha value is -8.39. The molecule has 3 aliphatic heterocycles. The van der Waals surface area contributed by atoms with Crippen molar-refractivity contribution in [1.82, 2.24) is 51.9 Å². The minimum Gasteiger partial charge on any atom is -0.480 e. The summed E-state index contributed by atoms with van der Waals surface area (Å²) >= 11 is 0. The minimum absolute atomic E-state index is 0.00114. The van der Waals surface area contributed by atoms with Crippen molar-refractivity contribution in [2.45, 2.75) is 255 Å². The van der Waals surface area contributed by atoms with Crippen LogP contribution in [-0.4, -0.2) is 213 Å². The zero-order valence-corrected chi connectivity index (χ0v) is 55.9. The van der Waals surface area contributed by atoms with Gasteiger partial charge in [-0.25, -0.2) is 4.79 Å². The first kappa shape index (κ1) is 80.8. The number of hydrogen-bond acceptors (Lipinski definition) is 16. The summed E-state index contributed by atoms with van der Waals surface area (Å²) < 4.78 is 0. The van der Waals surface area contributed by atoms with E-state index in [4.69, 9.17) is 34.4 Å². The maximum atomic E-state index is 14.6. The van der Waals surface area contributed by atoms with E-state index >= 15 is 0 Å². The van der Waals surface area contributed by atoms with E-state index in [1.807, 2.05) is 0 Å². The van der Waals surface area contributed by atoms with E-state index in [1.165, 1.54) is 56.8 Å². The Morgan fingerprint density at radius 2 is 0.884 bits per heavy atom. The molecule has 33 nitrogen and oxygen atoms in total. The average Bonchev–Trinajstić information content (AvgIpc) is 1.86. The Bertz CT molecular complexity index is 2660. The molecule has 95 heavy (non-hydrogen) atoms. The largest absolute Gasteiger partial charge is 0.480 e. The molecule has 0 aromatic carbocycles. The highest BCUT2D eigenvalue weighted by atomic mass is 16.4. The number of primary amides is 2. The van der Waals surface area contributed by atoms with Gasteiger partial charge in [-0.2, -0.15) is 0 Å². The predicted octanol–water partition coefficient (Wildman–Crippen LogP) is -2.55. The monoisotopic (exact) mass is 1340 g/mol. The van der Waals surface area contributed by atoms with Crippen molar-refractivity contribution in [2.75, 3.05) is 39.3 Å². The summed E-state index contributed by atoms with van der Waals surface area (Å²) in [4.78, 5) is 187. The molecular weight excluding hydrogens is 1240 g/mol. The van der Waals surface area contributed by atoms with E-state index in [-0.39, 0.29) is 115 Å². The van der Waals surface area contributed by atoms with Crippen molar-refractivity contribution < 1.29 is 72.5 Å². The van der Waals surface area contributed by atoms with Crippen LogP contribution >= 0.6 is 0 Å². The lowest BCUT2D eigenvalue weighted by Crippen LogP contribution is -2.61. The maximum Gasteiger partial charge on any atom is 0.326 e. The molecule has 0 bridgehead atoms. The number of likely N-dealkylation sites (tertiary alicyclic amines) is 3. The summed E-state index contributed by atoms with van der Waals surface area (Å²) in [5.74, 6) is -12.1. The second kappa shape index (κ2) is 42.8. The van der Waals surface area contributed by atoms with Gasteiger partial charge in [0.2, 0.25) is 70.9 Å². The van der Waals surface area contributed by atoms with E-state index in [2.05, 4.69) is 54.1 Å². The zero-order chi connectivity index (χ0) is 70.7. The molecule has 3 heterocycles. The number of carboxylic acids is 1. The number of hydrogen-bond donors (Lipinski definition) is 15. The third-order valence-electron chi connectivity index (χ3n) is 17.0. The van der Waals surface area contributed by atoms with Crippen LogP contribution < -0.4 is 71.6 Å². The Morgan fingerprint density at radius 3 is 1.37 bits per heavy atom. The lowest BCUT2D eigenvalue weighted by molar-refractivity contribution is -0.149. The molecular formula is C62H108N18O15. The van der Waals surface area contributed by atoms with E-state index in [9.17, 15) is 72.5 Å². The van der Waals surface area contributed by atoms with Crippen LogP contribution in [0.1, 0.15) is 195 Å². The molecule has 10 atom stereocenters. The Balaban J connectivity index is 1.75. The van der Waals surface area contributed by atoms with Crippen LogP contribution in [0, 0.1) is 5.92 Å². The molecule has 0 saturated carbocycles. The Kier molecular flexibility index (Phi) is 36.5. The van der Waals surface area contributed by atoms with Crippen LogP contribution in [-0.2, 0) is 62.3 Å². The van der Waals surface area contributed by atoms with Gasteiger partial charge in [0.05, 0.1) is 13.0 Å². The molecule has 3 saturated heterocycles. The van der Waals surface area contributed by atoms with Gasteiger partial charge in [-0.3, -0.25) is 67.5 Å². The molecule has 0 spiro atoms. The first-order valence-corrected chi connectivity index (χ1v) is 33.7. The third-order valence-corrected chi connectivity index (χ3v) is 17.0. The fourth-order valence-corrected chi connectivity index (χ4v) is 11.8. The summed E-state index contributed by atoms with van der Waals surface area (Å²) in [7, 11) is 0. The molecule has 33 heteroatoms. The zero-order valence-electron chi connectivity index (χ0n) is 55.9. The Morgan fingerprint density at radius 1 is 0.453 bits per heavy atom. The van der Waals surface area contributed by atoms with Gasteiger partial charge in [-0.1, -0.05) is 91.4 Å². The van der Waals surface area contributed by atoms with Crippen LogP contribution in [0.3, 0.4) is 0 Å². The predicted molar refractivity (Wildman–Crippen MR) is 351 cm³/mol. The van der Waals surface area contributed by atoms with Crippen LogP contribution in [0.5, 0.6) is 0 Å². The van der Waals surface area contributed by atoms with Gasteiger partial charge in [0, 0.05) is 45.6 Å². The van der Waals surface area contributed by atoms with Crippen LogP contribution in [0.25, 0.3) is 0 Å². The van der Waals surface area contributed by atoms with Crippen molar-refractivity contribution in [3.05, 3.63) is 0 Å². The van der Waals surface area contributed by atoms with Gasteiger partial charge >= 0.3 is 5.97 Å². The number of carbonyl (C=O) groups excluding carboxylic acids is 12. The molecule has 0 unspecified atom stereocenters. The third kappa shape index (κ3) is 28.6. The van der Waals surface area contributed by atoms with Crippen molar-refractivity contribution in [2.24, 2.45) is 50.3 Å². The number of guanidine groups is 2. The second-order valence-electron chi connectivity index (χ2n) is 25.1. The van der Waals surface area contributed by atoms with Gasteiger partial charge in [0.1, 0.15) is 60.4 Å². The van der Waals surface area contributed by atoms with E-state index in [1.54, 1.807) is 13.8 Å². The number of nitrogens with one attached hydrogen (secondary N) is 7. The molecule has 0 radical (unpaired) electrons. The summed E-state index contributed by atoms with van der Waals surface area (Å²) in [6.07, 6.45) is 13.5. The molecule has 21 N–H and O–H groups in total. The second-order valence-corrected chi connectivity index (χ2v) is 25.1.